The molecule has 0 saturated carbocycles. The van der Waals surface area contributed by atoms with Crippen LogP contribution in [0.1, 0.15) is 6.92 Å². The molecule has 2 aromatic rings. The van der Waals surface area contributed by atoms with E-state index in [0.717, 1.165) is 0 Å². The van der Waals surface area contributed by atoms with Crippen molar-refractivity contribution in [2.45, 2.75) is 11.9 Å². The van der Waals surface area contributed by atoms with Gasteiger partial charge in [-0.25, -0.2) is 13.4 Å². The number of nitrogen functional groups attached to an aromatic ring is 1. The average molecular weight is 290 g/mol. The van der Waals surface area contributed by atoms with Crippen LogP contribution in [-0.2, 0) is 10.0 Å². The first kappa shape index (κ1) is 13.3. The second-order valence-electron chi connectivity index (χ2n) is 3.58. The SMILES string of the molecule is CCN(CCO)S(=O)(=O)c1c(N)nc2sccn12. The van der Waals surface area contributed by atoms with Gasteiger partial charge >= 0.3 is 0 Å². The Morgan fingerprint density at radius 3 is 2.94 bits per heavy atom. The minimum absolute atomic E-state index is 0.0155. The van der Waals surface area contributed by atoms with Gasteiger partial charge in [0.05, 0.1) is 6.61 Å². The molecule has 0 radical (unpaired) electrons. The fourth-order valence-corrected chi connectivity index (χ4v) is 4.11. The molecule has 2 aromatic heterocycles. The average Bonchev–Trinajstić information content (AvgIpc) is 2.84. The topological polar surface area (TPSA) is 101 Å². The zero-order valence-corrected chi connectivity index (χ0v) is 11.4. The van der Waals surface area contributed by atoms with Gasteiger partial charge in [-0.15, -0.1) is 11.3 Å². The molecule has 3 N–H and O–H groups in total. The number of sulfonamides is 1. The number of likely N-dealkylation sites (N-methyl/N-ethyl adjacent to an activating group) is 1. The molecule has 0 atom stereocenters. The molecule has 7 nitrogen and oxygen atoms in total. The molecule has 0 spiro atoms. The number of rotatable bonds is 5. The van der Waals surface area contributed by atoms with Crippen LogP contribution in [0.4, 0.5) is 5.82 Å². The molecule has 0 unspecified atom stereocenters. The van der Waals surface area contributed by atoms with E-state index in [-0.39, 0.29) is 30.5 Å². The number of hydrogen-bond acceptors (Lipinski definition) is 6. The van der Waals surface area contributed by atoms with E-state index in [0.29, 0.717) is 4.96 Å². The van der Waals surface area contributed by atoms with Gasteiger partial charge in [-0.1, -0.05) is 6.92 Å². The summed E-state index contributed by atoms with van der Waals surface area (Å²) in [5.74, 6) is -0.0155. The first-order valence-corrected chi connectivity index (χ1v) is 7.66. The highest BCUT2D eigenvalue weighted by Gasteiger charge is 2.29. The van der Waals surface area contributed by atoms with Crippen LogP contribution in [0.25, 0.3) is 4.96 Å². The molecular weight excluding hydrogens is 276 g/mol. The van der Waals surface area contributed by atoms with Crippen molar-refractivity contribution in [3.05, 3.63) is 11.6 Å². The van der Waals surface area contributed by atoms with Crippen molar-refractivity contribution in [1.82, 2.24) is 13.7 Å². The minimum Gasteiger partial charge on any atom is -0.395 e. The van der Waals surface area contributed by atoms with Crippen LogP contribution in [0, 0.1) is 0 Å². The molecule has 0 saturated heterocycles. The normalized spacial score (nSPS) is 12.6. The Labute approximate surface area is 109 Å². The molecule has 100 valence electrons. The molecule has 0 amide bonds. The number of aromatic nitrogens is 2. The second kappa shape index (κ2) is 4.84. The fraction of sp³-hybridized carbons (Fsp3) is 0.444. The molecule has 2 rings (SSSR count). The van der Waals surface area contributed by atoms with Gasteiger partial charge in [0.1, 0.15) is 0 Å². The highest BCUT2D eigenvalue weighted by molar-refractivity contribution is 7.89. The van der Waals surface area contributed by atoms with E-state index in [9.17, 15) is 8.42 Å². The Balaban J connectivity index is 2.58. The van der Waals surface area contributed by atoms with Crippen molar-refractivity contribution in [3.8, 4) is 0 Å². The van der Waals surface area contributed by atoms with Crippen molar-refractivity contribution < 1.29 is 13.5 Å². The number of anilines is 1. The van der Waals surface area contributed by atoms with E-state index in [4.69, 9.17) is 10.8 Å². The predicted octanol–water partition coefficient (Wildman–Crippen LogP) is -0.0191. The zero-order valence-electron chi connectivity index (χ0n) is 9.78. The van der Waals surface area contributed by atoms with E-state index in [1.54, 1.807) is 18.5 Å². The molecule has 0 fully saturated rings. The van der Waals surface area contributed by atoms with Crippen LogP contribution in [0.3, 0.4) is 0 Å². The molecule has 9 heteroatoms. The monoisotopic (exact) mass is 290 g/mol. The third-order valence-electron chi connectivity index (χ3n) is 2.53. The van der Waals surface area contributed by atoms with Gasteiger partial charge in [-0.2, -0.15) is 4.31 Å². The van der Waals surface area contributed by atoms with Crippen molar-refractivity contribution in [3.63, 3.8) is 0 Å². The maximum absolute atomic E-state index is 12.4. The van der Waals surface area contributed by atoms with E-state index in [1.807, 2.05) is 0 Å². The number of hydrogen-bond donors (Lipinski definition) is 2. The third-order valence-corrected chi connectivity index (χ3v) is 5.30. The lowest BCUT2D eigenvalue weighted by atomic mass is 10.6. The van der Waals surface area contributed by atoms with Crippen molar-refractivity contribution >= 4 is 32.1 Å². The number of aliphatic hydroxyl groups excluding tert-OH is 1. The van der Waals surface area contributed by atoms with Gasteiger partial charge in [-0.3, -0.25) is 4.40 Å². The van der Waals surface area contributed by atoms with E-state index >= 15 is 0 Å². The van der Waals surface area contributed by atoms with Crippen LogP contribution in [0.5, 0.6) is 0 Å². The van der Waals surface area contributed by atoms with Crippen LogP contribution in [0.15, 0.2) is 16.6 Å². The maximum Gasteiger partial charge on any atom is 0.262 e. The van der Waals surface area contributed by atoms with Gasteiger partial charge in [0.2, 0.25) is 0 Å². The first-order chi connectivity index (χ1) is 8.52. The lowest BCUT2D eigenvalue weighted by molar-refractivity contribution is 0.256. The Morgan fingerprint density at radius 2 is 2.33 bits per heavy atom. The number of thiazole rings is 1. The Kier molecular flexibility index (Phi) is 3.57. The summed E-state index contributed by atoms with van der Waals surface area (Å²) in [7, 11) is -3.74. The summed E-state index contributed by atoms with van der Waals surface area (Å²) in [4.78, 5) is 4.54. The molecular formula is C9H14N4O3S2. The molecule has 0 bridgehead atoms. The second-order valence-corrected chi connectivity index (χ2v) is 6.30. The molecule has 0 aliphatic carbocycles. The Morgan fingerprint density at radius 1 is 1.61 bits per heavy atom. The van der Waals surface area contributed by atoms with Crippen LogP contribution < -0.4 is 5.73 Å². The smallest absolute Gasteiger partial charge is 0.262 e. The van der Waals surface area contributed by atoms with Crippen LogP contribution in [-0.4, -0.2) is 46.9 Å². The molecule has 0 aliphatic rings. The summed E-state index contributed by atoms with van der Waals surface area (Å²) in [5.41, 5.74) is 5.68. The van der Waals surface area contributed by atoms with Crippen molar-refractivity contribution in [2.75, 3.05) is 25.4 Å². The zero-order chi connectivity index (χ0) is 13.3. The molecule has 0 aromatic carbocycles. The first-order valence-electron chi connectivity index (χ1n) is 5.34. The van der Waals surface area contributed by atoms with Gasteiger partial charge in [-0.05, 0) is 0 Å². The van der Waals surface area contributed by atoms with Gasteiger partial charge in [0, 0.05) is 24.7 Å². The number of aliphatic hydroxyl groups is 1. The summed E-state index contributed by atoms with van der Waals surface area (Å²) in [6.45, 7) is 1.77. The van der Waals surface area contributed by atoms with Gasteiger partial charge < -0.3 is 10.8 Å². The van der Waals surface area contributed by atoms with Crippen LogP contribution in [0.2, 0.25) is 0 Å². The fourth-order valence-electron chi connectivity index (χ4n) is 1.72. The minimum atomic E-state index is -3.74. The summed E-state index contributed by atoms with van der Waals surface area (Å²) in [5, 5.41) is 10.6. The van der Waals surface area contributed by atoms with Crippen LogP contribution >= 0.6 is 11.3 Å². The van der Waals surface area contributed by atoms with Gasteiger partial charge in [0.15, 0.2) is 15.8 Å². The van der Waals surface area contributed by atoms with Crippen molar-refractivity contribution in [2.24, 2.45) is 0 Å². The van der Waals surface area contributed by atoms with E-state index < -0.39 is 10.0 Å². The van der Waals surface area contributed by atoms with E-state index in [2.05, 4.69) is 4.98 Å². The Bertz CT molecular complexity index is 646. The highest BCUT2D eigenvalue weighted by Crippen LogP contribution is 2.25. The van der Waals surface area contributed by atoms with Crippen molar-refractivity contribution in [1.29, 1.82) is 0 Å². The van der Waals surface area contributed by atoms with E-state index in [1.165, 1.54) is 20.0 Å². The summed E-state index contributed by atoms with van der Waals surface area (Å²) in [6, 6.07) is 0. The molecule has 0 aliphatic heterocycles. The summed E-state index contributed by atoms with van der Waals surface area (Å²) in [6.07, 6.45) is 1.61. The highest BCUT2D eigenvalue weighted by atomic mass is 32.2. The quantitative estimate of drug-likeness (QED) is 0.806. The Hall–Kier alpha value is -1.16. The number of nitrogens with two attached hydrogens (primary N) is 1. The maximum atomic E-state index is 12.4. The lowest BCUT2D eigenvalue weighted by Gasteiger charge is -2.18. The molecule has 2 heterocycles. The van der Waals surface area contributed by atoms with Gasteiger partial charge in [0.25, 0.3) is 10.0 Å². The largest absolute Gasteiger partial charge is 0.395 e. The number of imidazole rings is 1. The number of nitrogens with zero attached hydrogens (tertiary/aromatic N) is 3. The third kappa shape index (κ3) is 1.99. The lowest BCUT2D eigenvalue weighted by Crippen LogP contribution is -2.34. The number of fused-ring (bicyclic) bond motifs is 1. The summed E-state index contributed by atoms with van der Waals surface area (Å²) >= 11 is 1.31. The standard InChI is InChI=1S/C9H14N4O3S2/c1-2-12(3-5-14)18(15,16)8-7(10)11-9-13(8)4-6-17-9/h4,6,14H,2-3,5,10H2,1H3. The summed E-state index contributed by atoms with van der Waals surface area (Å²) < 4.78 is 27.5. The predicted molar refractivity (Wildman–Crippen MR) is 69.0 cm³/mol. The molecule has 18 heavy (non-hydrogen) atoms.